The van der Waals surface area contributed by atoms with Crippen molar-refractivity contribution in [1.82, 2.24) is 14.5 Å². The van der Waals surface area contributed by atoms with Crippen LogP contribution in [0.4, 0.5) is 0 Å². The van der Waals surface area contributed by atoms with E-state index in [1.807, 2.05) is 36.7 Å². The standard InChI is InChI=1S/C12H15N3O/c1-9-11(6-8-16)15(2)12(14-9)10-5-3-4-7-13-10/h3-5,7,16H,6,8H2,1-2H3. The van der Waals surface area contributed by atoms with Crippen molar-refractivity contribution in [2.45, 2.75) is 13.3 Å². The van der Waals surface area contributed by atoms with Gasteiger partial charge in [-0.3, -0.25) is 4.98 Å². The summed E-state index contributed by atoms with van der Waals surface area (Å²) >= 11 is 0. The molecule has 1 N–H and O–H groups in total. The SMILES string of the molecule is Cc1nc(-c2ccccn2)n(C)c1CCO. The summed E-state index contributed by atoms with van der Waals surface area (Å²) in [7, 11) is 1.95. The van der Waals surface area contributed by atoms with E-state index in [0.717, 1.165) is 22.9 Å². The molecule has 0 saturated carbocycles. The van der Waals surface area contributed by atoms with E-state index < -0.39 is 0 Å². The average molecular weight is 217 g/mol. The number of imidazole rings is 1. The molecule has 16 heavy (non-hydrogen) atoms. The fourth-order valence-electron chi connectivity index (χ4n) is 1.85. The number of hydrogen-bond acceptors (Lipinski definition) is 3. The Labute approximate surface area is 94.6 Å². The molecule has 2 rings (SSSR count). The summed E-state index contributed by atoms with van der Waals surface area (Å²) in [5.74, 6) is 0.849. The number of aliphatic hydroxyl groups is 1. The molecule has 4 nitrogen and oxygen atoms in total. The third-order valence-electron chi connectivity index (χ3n) is 2.66. The van der Waals surface area contributed by atoms with Gasteiger partial charge in [-0.15, -0.1) is 0 Å². The van der Waals surface area contributed by atoms with Crippen molar-refractivity contribution in [2.24, 2.45) is 7.05 Å². The van der Waals surface area contributed by atoms with Crippen LogP contribution in [0.25, 0.3) is 11.5 Å². The lowest BCUT2D eigenvalue weighted by molar-refractivity contribution is 0.296. The minimum atomic E-state index is 0.141. The van der Waals surface area contributed by atoms with Gasteiger partial charge in [0.2, 0.25) is 0 Å². The van der Waals surface area contributed by atoms with E-state index in [2.05, 4.69) is 9.97 Å². The van der Waals surface area contributed by atoms with Crippen LogP contribution >= 0.6 is 0 Å². The Morgan fingerprint density at radius 2 is 2.19 bits per heavy atom. The molecule has 84 valence electrons. The van der Waals surface area contributed by atoms with E-state index in [0.29, 0.717) is 6.42 Å². The summed E-state index contributed by atoms with van der Waals surface area (Å²) in [5, 5.41) is 8.99. The topological polar surface area (TPSA) is 50.9 Å². The van der Waals surface area contributed by atoms with Crippen LogP contribution in [0.5, 0.6) is 0 Å². The van der Waals surface area contributed by atoms with Gasteiger partial charge in [0.15, 0.2) is 5.82 Å². The fourth-order valence-corrected chi connectivity index (χ4v) is 1.85. The van der Waals surface area contributed by atoms with Crippen molar-refractivity contribution in [3.05, 3.63) is 35.8 Å². The van der Waals surface area contributed by atoms with Gasteiger partial charge >= 0.3 is 0 Å². The normalized spacial score (nSPS) is 10.7. The van der Waals surface area contributed by atoms with Crippen molar-refractivity contribution >= 4 is 0 Å². The van der Waals surface area contributed by atoms with Gasteiger partial charge in [-0.25, -0.2) is 4.98 Å². The van der Waals surface area contributed by atoms with E-state index in [-0.39, 0.29) is 6.61 Å². The Hall–Kier alpha value is -1.68. The largest absolute Gasteiger partial charge is 0.396 e. The first kappa shape index (κ1) is 10.8. The van der Waals surface area contributed by atoms with E-state index in [4.69, 9.17) is 5.11 Å². The third-order valence-corrected chi connectivity index (χ3v) is 2.66. The molecule has 2 aromatic heterocycles. The smallest absolute Gasteiger partial charge is 0.158 e. The summed E-state index contributed by atoms with van der Waals surface area (Å²) in [6, 6.07) is 5.76. The molecule has 0 atom stereocenters. The molecule has 0 fully saturated rings. The Morgan fingerprint density at radius 1 is 1.38 bits per heavy atom. The number of rotatable bonds is 3. The van der Waals surface area contributed by atoms with Crippen molar-refractivity contribution < 1.29 is 5.11 Å². The van der Waals surface area contributed by atoms with Gasteiger partial charge in [-0.2, -0.15) is 0 Å². The van der Waals surface area contributed by atoms with Crippen LogP contribution in [0.15, 0.2) is 24.4 Å². The molecule has 2 heterocycles. The molecule has 0 aliphatic carbocycles. The van der Waals surface area contributed by atoms with Crippen LogP contribution in [0, 0.1) is 6.92 Å². The Morgan fingerprint density at radius 3 is 2.81 bits per heavy atom. The van der Waals surface area contributed by atoms with Crippen LogP contribution in [0.1, 0.15) is 11.4 Å². The first-order valence-corrected chi connectivity index (χ1v) is 5.28. The molecule has 0 aliphatic heterocycles. The molecular weight excluding hydrogens is 202 g/mol. The molecule has 0 spiro atoms. The second-order valence-electron chi connectivity index (χ2n) is 3.72. The Balaban J connectivity index is 2.47. The number of pyridine rings is 1. The Bertz CT molecular complexity index is 477. The molecule has 0 amide bonds. The predicted octanol–water partition coefficient (Wildman–Crippen LogP) is 1.33. The zero-order valence-corrected chi connectivity index (χ0v) is 9.51. The maximum absolute atomic E-state index is 8.99. The third kappa shape index (κ3) is 1.84. The molecule has 2 aromatic rings. The van der Waals surface area contributed by atoms with Gasteiger partial charge in [0, 0.05) is 32.0 Å². The monoisotopic (exact) mass is 217 g/mol. The number of nitrogens with zero attached hydrogens (tertiary/aromatic N) is 3. The van der Waals surface area contributed by atoms with E-state index >= 15 is 0 Å². The van der Waals surface area contributed by atoms with E-state index in [1.165, 1.54) is 0 Å². The molecule has 0 aliphatic rings. The molecule has 0 unspecified atom stereocenters. The van der Waals surface area contributed by atoms with Gasteiger partial charge in [-0.05, 0) is 19.1 Å². The average Bonchev–Trinajstić information content (AvgIpc) is 2.59. The highest BCUT2D eigenvalue weighted by molar-refractivity contribution is 5.51. The number of aryl methyl sites for hydroxylation is 1. The molecule has 4 heteroatoms. The predicted molar refractivity (Wildman–Crippen MR) is 62.0 cm³/mol. The number of aromatic nitrogens is 3. The van der Waals surface area contributed by atoms with Crippen LogP contribution < -0.4 is 0 Å². The van der Waals surface area contributed by atoms with Gasteiger partial charge in [0.25, 0.3) is 0 Å². The van der Waals surface area contributed by atoms with E-state index in [1.54, 1.807) is 6.20 Å². The highest BCUT2D eigenvalue weighted by Crippen LogP contribution is 2.19. The lowest BCUT2D eigenvalue weighted by Gasteiger charge is -2.04. The minimum absolute atomic E-state index is 0.141. The maximum Gasteiger partial charge on any atom is 0.158 e. The maximum atomic E-state index is 8.99. The lowest BCUT2D eigenvalue weighted by Crippen LogP contribution is -2.02. The molecule has 0 aromatic carbocycles. The van der Waals surface area contributed by atoms with Crippen molar-refractivity contribution in [1.29, 1.82) is 0 Å². The summed E-state index contributed by atoms with van der Waals surface area (Å²) in [4.78, 5) is 8.77. The van der Waals surface area contributed by atoms with Crippen LogP contribution in [0.2, 0.25) is 0 Å². The zero-order chi connectivity index (χ0) is 11.5. The summed E-state index contributed by atoms with van der Waals surface area (Å²) in [6.07, 6.45) is 2.38. The highest BCUT2D eigenvalue weighted by atomic mass is 16.3. The molecular formula is C12H15N3O. The van der Waals surface area contributed by atoms with Crippen molar-refractivity contribution in [3.8, 4) is 11.5 Å². The van der Waals surface area contributed by atoms with Crippen LogP contribution in [-0.4, -0.2) is 26.2 Å². The van der Waals surface area contributed by atoms with Crippen LogP contribution in [0.3, 0.4) is 0 Å². The summed E-state index contributed by atoms with van der Waals surface area (Å²) in [6.45, 7) is 2.10. The lowest BCUT2D eigenvalue weighted by atomic mass is 10.3. The minimum Gasteiger partial charge on any atom is -0.396 e. The highest BCUT2D eigenvalue weighted by Gasteiger charge is 2.12. The number of hydrogen-bond donors (Lipinski definition) is 1. The molecule has 0 radical (unpaired) electrons. The first-order valence-electron chi connectivity index (χ1n) is 5.28. The Kier molecular flexibility index (Phi) is 3.01. The van der Waals surface area contributed by atoms with Gasteiger partial charge in [0.1, 0.15) is 5.69 Å². The van der Waals surface area contributed by atoms with Crippen molar-refractivity contribution in [3.63, 3.8) is 0 Å². The summed E-state index contributed by atoms with van der Waals surface area (Å²) in [5.41, 5.74) is 2.87. The zero-order valence-electron chi connectivity index (χ0n) is 9.51. The van der Waals surface area contributed by atoms with Gasteiger partial charge in [0.05, 0.1) is 5.69 Å². The quantitative estimate of drug-likeness (QED) is 0.843. The molecule has 0 bridgehead atoms. The van der Waals surface area contributed by atoms with Gasteiger partial charge in [-0.1, -0.05) is 6.07 Å². The molecule has 0 saturated heterocycles. The fraction of sp³-hybridized carbons (Fsp3) is 0.333. The van der Waals surface area contributed by atoms with Crippen LogP contribution in [-0.2, 0) is 13.5 Å². The first-order chi connectivity index (χ1) is 7.74. The van der Waals surface area contributed by atoms with Crippen molar-refractivity contribution in [2.75, 3.05) is 6.61 Å². The van der Waals surface area contributed by atoms with Gasteiger partial charge < -0.3 is 9.67 Å². The number of aliphatic hydroxyl groups excluding tert-OH is 1. The van der Waals surface area contributed by atoms with E-state index in [9.17, 15) is 0 Å². The summed E-state index contributed by atoms with van der Waals surface area (Å²) < 4.78 is 1.99. The second-order valence-corrected chi connectivity index (χ2v) is 3.72. The second kappa shape index (κ2) is 4.45.